The molecule has 2 aromatic carbocycles. The third-order valence-corrected chi connectivity index (χ3v) is 3.63. The Bertz CT molecular complexity index is 570. The molecule has 0 unspecified atom stereocenters. The maximum absolute atomic E-state index is 5.88. The fraction of sp³-hybridized carbons (Fsp3) is 0.333. The van der Waals surface area contributed by atoms with Crippen LogP contribution in [-0.4, -0.2) is 12.9 Å². The molecule has 0 saturated carbocycles. The van der Waals surface area contributed by atoms with Gasteiger partial charge in [-0.2, -0.15) is 0 Å². The van der Waals surface area contributed by atoms with E-state index in [1.807, 2.05) is 6.07 Å². The predicted molar refractivity (Wildman–Crippen MR) is 88.6 cm³/mol. The molecule has 0 aliphatic carbocycles. The highest BCUT2D eigenvalue weighted by atomic mass is 32.2. The summed E-state index contributed by atoms with van der Waals surface area (Å²) in [4.78, 5) is 1.28. The van der Waals surface area contributed by atoms with Crippen LogP contribution in [0.1, 0.15) is 20.8 Å². The van der Waals surface area contributed by atoms with Gasteiger partial charge in [-0.1, -0.05) is 45.0 Å². The van der Waals surface area contributed by atoms with E-state index in [0.717, 1.165) is 12.4 Å². The van der Waals surface area contributed by atoms with Crippen molar-refractivity contribution in [2.45, 2.75) is 25.7 Å². The van der Waals surface area contributed by atoms with Gasteiger partial charge in [-0.15, -0.1) is 11.8 Å². The van der Waals surface area contributed by atoms with Crippen molar-refractivity contribution in [2.24, 2.45) is 5.41 Å². The Balaban J connectivity index is 2.20. The fourth-order valence-corrected chi connectivity index (χ4v) is 2.33. The van der Waals surface area contributed by atoms with E-state index in [9.17, 15) is 0 Å². The minimum Gasteiger partial charge on any atom is -0.493 e. The normalized spacial score (nSPS) is 11.4. The first-order valence-corrected chi connectivity index (χ1v) is 8.08. The van der Waals surface area contributed by atoms with Gasteiger partial charge in [-0.25, -0.2) is 0 Å². The number of benzene rings is 2. The van der Waals surface area contributed by atoms with Crippen molar-refractivity contribution < 1.29 is 4.74 Å². The number of hydrogen-bond acceptors (Lipinski definition) is 2. The van der Waals surface area contributed by atoms with Gasteiger partial charge in [0.25, 0.3) is 0 Å². The van der Waals surface area contributed by atoms with E-state index in [1.54, 1.807) is 11.8 Å². The highest BCUT2D eigenvalue weighted by molar-refractivity contribution is 7.98. The third-order valence-electron chi connectivity index (χ3n) is 2.91. The quantitative estimate of drug-likeness (QED) is 0.686. The summed E-state index contributed by atoms with van der Waals surface area (Å²) in [6.45, 7) is 7.26. The van der Waals surface area contributed by atoms with Crippen molar-refractivity contribution in [3.05, 3.63) is 48.5 Å². The number of rotatable bonds is 4. The van der Waals surface area contributed by atoms with Crippen LogP contribution in [0, 0.1) is 5.41 Å². The van der Waals surface area contributed by atoms with Crippen LogP contribution in [0.15, 0.2) is 53.4 Å². The molecule has 2 heteroatoms. The molecule has 0 amide bonds. The monoisotopic (exact) mass is 286 g/mol. The molecule has 0 aliphatic heterocycles. The molecule has 1 nitrogen and oxygen atoms in total. The largest absolute Gasteiger partial charge is 0.493 e. The summed E-state index contributed by atoms with van der Waals surface area (Å²) in [6, 6.07) is 16.9. The lowest BCUT2D eigenvalue weighted by atomic mass is 9.98. The molecule has 0 N–H and O–H groups in total. The molecule has 0 aliphatic rings. The van der Waals surface area contributed by atoms with Gasteiger partial charge < -0.3 is 4.74 Å². The van der Waals surface area contributed by atoms with Crippen LogP contribution >= 0.6 is 11.8 Å². The van der Waals surface area contributed by atoms with Crippen molar-refractivity contribution >= 4 is 11.8 Å². The van der Waals surface area contributed by atoms with Crippen LogP contribution in [0.5, 0.6) is 5.75 Å². The molecule has 0 atom stereocenters. The highest BCUT2D eigenvalue weighted by Gasteiger charge is 2.11. The molecule has 0 radical (unpaired) electrons. The molecular formula is C18H22OS. The van der Waals surface area contributed by atoms with Gasteiger partial charge in [-0.05, 0) is 47.1 Å². The van der Waals surface area contributed by atoms with Crippen LogP contribution < -0.4 is 4.74 Å². The zero-order valence-electron chi connectivity index (χ0n) is 12.6. The van der Waals surface area contributed by atoms with Crippen LogP contribution in [-0.2, 0) is 0 Å². The molecule has 20 heavy (non-hydrogen) atoms. The predicted octanol–water partition coefficient (Wildman–Crippen LogP) is 5.50. The lowest BCUT2D eigenvalue weighted by molar-refractivity contribution is 0.198. The Morgan fingerprint density at radius 1 is 0.950 bits per heavy atom. The van der Waals surface area contributed by atoms with E-state index in [2.05, 4.69) is 69.5 Å². The van der Waals surface area contributed by atoms with Crippen LogP contribution in [0.3, 0.4) is 0 Å². The van der Waals surface area contributed by atoms with Gasteiger partial charge in [0.2, 0.25) is 0 Å². The highest BCUT2D eigenvalue weighted by Crippen LogP contribution is 2.27. The van der Waals surface area contributed by atoms with Crippen molar-refractivity contribution in [1.82, 2.24) is 0 Å². The zero-order valence-corrected chi connectivity index (χ0v) is 13.5. The smallest absolute Gasteiger partial charge is 0.119 e. The second-order valence-corrected chi connectivity index (χ2v) is 6.99. The summed E-state index contributed by atoms with van der Waals surface area (Å²) >= 11 is 1.76. The summed E-state index contributed by atoms with van der Waals surface area (Å²) in [6.07, 6.45) is 2.10. The van der Waals surface area contributed by atoms with Crippen molar-refractivity contribution in [1.29, 1.82) is 0 Å². The molecule has 0 spiro atoms. The Labute approximate surface area is 126 Å². The van der Waals surface area contributed by atoms with E-state index in [0.29, 0.717) is 0 Å². The molecule has 106 valence electrons. The summed E-state index contributed by atoms with van der Waals surface area (Å²) in [5.41, 5.74) is 2.61. The molecule has 0 saturated heterocycles. The second kappa shape index (κ2) is 6.36. The first-order valence-electron chi connectivity index (χ1n) is 6.85. The molecule has 0 heterocycles. The average Bonchev–Trinajstić information content (AvgIpc) is 2.45. The SMILES string of the molecule is CSc1cccc(-c2cccc(OCC(C)(C)C)c2)c1. The van der Waals surface area contributed by atoms with E-state index >= 15 is 0 Å². The molecular weight excluding hydrogens is 264 g/mol. The number of ether oxygens (including phenoxy) is 1. The van der Waals surface area contributed by atoms with Gasteiger partial charge >= 0.3 is 0 Å². The first-order chi connectivity index (χ1) is 9.48. The van der Waals surface area contributed by atoms with E-state index in [1.165, 1.54) is 16.0 Å². The van der Waals surface area contributed by atoms with Gasteiger partial charge in [0.15, 0.2) is 0 Å². The Morgan fingerprint density at radius 2 is 1.60 bits per heavy atom. The van der Waals surface area contributed by atoms with Crippen molar-refractivity contribution in [3.63, 3.8) is 0 Å². The van der Waals surface area contributed by atoms with Gasteiger partial charge in [0.05, 0.1) is 6.61 Å². The van der Waals surface area contributed by atoms with Crippen LogP contribution in [0.25, 0.3) is 11.1 Å². The minimum atomic E-state index is 0.175. The van der Waals surface area contributed by atoms with Gasteiger partial charge in [-0.3, -0.25) is 0 Å². The standard InChI is InChI=1S/C18H22OS/c1-18(2,3)13-19-16-9-5-7-14(11-16)15-8-6-10-17(12-15)20-4/h5-12H,13H2,1-4H3. The van der Waals surface area contributed by atoms with E-state index in [4.69, 9.17) is 4.74 Å². The van der Waals surface area contributed by atoms with Crippen molar-refractivity contribution in [2.75, 3.05) is 12.9 Å². The number of hydrogen-bond donors (Lipinski definition) is 0. The first kappa shape index (κ1) is 15.0. The Morgan fingerprint density at radius 3 is 2.25 bits per heavy atom. The van der Waals surface area contributed by atoms with Crippen LogP contribution in [0.4, 0.5) is 0 Å². The molecule has 0 aromatic heterocycles. The Kier molecular flexibility index (Phi) is 4.77. The van der Waals surface area contributed by atoms with Gasteiger partial charge in [0.1, 0.15) is 5.75 Å². The van der Waals surface area contributed by atoms with E-state index in [-0.39, 0.29) is 5.41 Å². The topological polar surface area (TPSA) is 9.23 Å². The maximum Gasteiger partial charge on any atom is 0.119 e. The zero-order chi connectivity index (χ0) is 14.6. The third kappa shape index (κ3) is 4.31. The Hall–Kier alpha value is -1.41. The maximum atomic E-state index is 5.88. The second-order valence-electron chi connectivity index (χ2n) is 6.11. The molecule has 0 bridgehead atoms. The number of thioether (sulfide) groups is 1. The van der Waals surface area contributed by atoms with Crippen LogP contribution in [0.2, 0.25) is 0 Å². The average molecular weight is 286 g/mol. The lowest BCUT2D eigenvalue weighted by Crippen LogP contribution is -2.16. The molecule has 0 fully saturated rings. The van der Waals surface area contributed by atoms with Crippen molar-refractivity contribution in [3.8, 4) is 16.9 Å². The van der Waals surface area contributed by atoms with E-state index < -0.39 is 0 Å². The molecule has 2 aromatic rings. The molecule has 2 rings (SSSR count). The summed E-state index contributed by atoms with van der Waals surface area (Å²) in [5.74, 6) is 0.937. The van der Waals surface area contributed by atoms with Gasteiger partial charge in [0, 0.05) is 4.90 Å². The fourth-order valence-electron chi connectivity index (χ4n) is 1.87. The minimum absolute atomic E-state index is 0.175. The summed E-state index contributed by atoms with van der Waals surface area (Å²) in [7, 11) is 0. The summed E-state index contributed by atoms with van der Waals surface area (Å²) < 4.78 is 5.88. The summed E-state index contributed by atoms with van der Waals surface area (Å²) in [5, 5.41) is 0. The lowest BCUT2D eigenvalue weighted by Gasteiger charge is -2.19.